The zero-order chi connectivity index (χ0) is 11.0. The van der Waals surface area contributed by atoms with Gasteiger partial charge in [-0.1, -0.05) is 11.6 Å². The molecular formula is C12H7ClN2S. The van der Waals surface area contributed by atoms with Crippen molar-refractivity contribution in [2.24, 2.45) is 0 Å². The smallest absolute Gasteiger partial charge is 0.124 e. The van der Waals surface area contributed by atoms with Crippen molar-refractivity contribution in [1.82, 2.24) is 9.97 Å². The van der Waals surface area contributed by atoms with Crippen LogP contribution in [-0.2, 0) is 0 Å². The van der Waals surface area contributed by atoms with Gasteiger partial charge in [0.2, 0.25) is 0 Å². The fraction of sp³-hybridized carbons (Fsp3) is 0. The van der Waals surface area contributed by atoms with Crippen LogP contribution in [0.3, 0.4) is 0 Å². The fourth-order valence-electron chi connectivity index (χ4n) is 1.52. The van der Waals surface area contributed by atoms with Crippen molar-refractivity contribution < 1.29 is 0 Å². The zero-order valence-corrected chi connectivity index (χ0v) is 9.79. The summed E-state index contributed by atoms with van der Waals surface area (Å²) >= 11 is 7.59. The molecule has 0 saturated heterocycles. The summed E-state index contributed by atoms with van der Waals surface area (Å²) in [6.07, 6.45) is 3.54. The third-order valence-electron chi connectivity index (χ3n) is 2.28. The van der Waals surface area contributed by atoms with Crippen LogP contribution in [0, 0.1) is 0 Å². The maximum atomic E-state index is 5.93. The molecule has 3 rings (SSSR count). The van der Waals surface area contributed by atoms with Gasteiger partial charge < -0.3 is 0 Å². The van der Waals surface area contributed by atoms with Crippen molar-refractivity contribution in [1.29, 1.82) is 0 Å². The van der Waals surface area contributed by atoms with Gasteiger partial charge in [-0.3, -0.25) is 4.98 Å². The molecule has 3 aromatic rings. The number of rotatable bonds is 1. The standard InChI is InChI=1S/C12H7ClN2S/c13-9-1-2-11-10(7-9)15-12(16-11)8-3-5-14-6-4-8/h1-7H. The van der Waals surface area contributed by atoms with E-state index in [9.17, 15) is 0 Å². The highest BCUT2D eigenvalue weighted by Crippen LogP contribution is 2.30. The number of hydrogen-bond donors (Lipinski definition) is 0. The lowest BCUT2D eigenvalue weighted by atomic mass is 10.3. The molecule has 0 bridgehead atoms. The van der Waals surface area contributed by atoms with Gasteiger partial charge in [-0.25, -0.2) is 4.98 Å². The summed E-state index contributed by atoms with van der Waals surface area (Å²) in [6.45, 7) is 0. The van der Waals surface area contributed by atoms with Crippen molar-refractivity contribution in [3.63, 3.8) is 0 Å². The van der Waals surface area contributed by atoms with Crippen LogP contribution in [0.2, 0.25) is 5.02 Å². The molecule has 0 aliphatic rings. The highest BCUT2D eigenvalue weighted by Gasteiger charge is 2.05. The molecule has 2 heterocycles. The van der Waals surface area contributed by atoms with E-state index < -0.39 is 0 Å². The summed E-state index contributed by atoms with van der Waals surface area (Å²) in [4.78, 5) is 8.54. The Hall–Kier alpha value is -1.45. The van der Waals surface area contributed by atoms with Gasteiger partial charge in [-0.2, -0.15) is 0 Å². The number of aromatic nitrogens is 2. The molecule has 0 radical (unpaired) electrons. The van der Waals surface area contributed by atoms with E-state index in [1.54, 1.807) is 23.7 Å². The Morgan fingerprint density at radius 3 is 2.69 bits per heavy atom. The van der Waals surface area contributed by atoms with Crippen LogP contribution in [0.4, 0.5) is 0 Å². The second-order valence-corrected chi connectivity index (χ2v) is 4.83. The minimum absolute atomic E-state index is 0.721. The number of fused-ring (bicyclic) bond motifs is 1. The van der Waals surface area contributed by atoms with Gasteiger partial charge >= 0.3 is 0 Å². The Morgan fingerprint density at radius 1 is 1.06 bits per heavy atom. The van der Waals surface area contributed by atoms with Crippen LogP contribution in [0.5, 0.6) is 0 Å². The molecule has 0 unspecified atom stereocenters. The second-order valence-electron chi connectivity index (χ2n) is 3.37. The normalized spacial score (nSPS) is 10.8. The van der Waals surface area contributed by atoms with E-state index >= 15 is 0 Å². The first-order chi connectivity index (χ1) is 7.83. The van der Waals surface area contributed by atoms with Crippen LogP contribution in [0.1, 0.15) is 0 Å². The monoisotopic (exact) mass is 246 g/mol. The van der Waals surface area contributed by atoms with E-state index in [4.69, 9.17) is 11.6 Å². The topological polar surface area (TPSA) is 25.8 Å². The highest BCUT2D eigenvalue weighted by molar-refractivity contribution is 7.21. The lowest BCUT2D eigenvalue weighted by Crippen LogP contribution is -1.75. The van der Waals surface area contributed by atoms with Crippen molar-refractivity contribution in [2.75, 3.05) is 0 Å². The highest BCUT2D eigenvalue weighted by atomic mass is 35.5. The lowest BCUT2D eigenvalue weighted by molar-refractivity contribution is 1.32. The minimum Gasteiger partial charge on any atom is -0.265 e. The first-order valence-corrected chi connectivity index (χ1v) is 5.99. The summed E-state index contributed by atoms with van der Waals surface area (Å²) in [7, 11) is 0. The third-order valence-corrected chi connectivity index (χ3v) is 3.60. The Labute approximate surface area is 102 Å². The zero-order valence-electron chi connectivity index (χ0n) is 8.22. The van der Waals surface area contributed by atoms with Crippen LogP contribution in [-0.4, -0.2) is 9.97 Å². The summed E-state index contributed by atoms with van der Waals surface area (Å²) in [5, 5.41) is 1.72. The Balaban J connectivity index is 2.19. The maximum Gasteiger partial charge on any atom is 0.124 e. The van der Waals surface area contributed by atoms with Crippen LogP contribution >= 0.6 is 22.9 Å². The molecule has 2 aromatic heterocycles. The number of hydrogen-bond acceptors (Lipinski definition) is 3. The molecule has 0 aliphatic carbocycles. The molecule has 16 heavy (non-hydrogen) atoms. The first-order valence-electron chi connectivity index (χ1n) is 4.79. The molecule has 0 N–H and O–H groups in total. The summed E-state index contributed by atoms with van der Waals surface area (Å²) in [6, 6.07) is 9.69. The number of benzene rings is 1. The summed E-state index contributed by atoms with van der Waals surface area (Å²) in [5.41, 5.74) is 2.04. The molecule has 1 aromatic carbocycles. The largest absolute Gasteiger partial charge is 0.265 e. The van der Waals surface area contributed by atoms with Crippen molar-refractivity contribution in [3.05, 3.63) is 47.7 Å². The van der Waals surface area contributed by atoms with E-state index in [-0.39, 0.29) is 0 Å². The number of thiazole rings is 1. The predicted octanol–water partition coefficient (Wildman–Crippen LogP) is 4.01. The van der Waals surface area contributed by atoms with Gasteiger partial charge in [0.25, 0.3) is 0 Å². The molecular weight excluding hydrogens is 240 g/mol. The predicted molar refractivity (Wildman–Crippen MR) is 67.9 cm³/mol. The number of pyridine rings is 1. The van der Waals surface area contributed by atoms with Crippen molar-refractivity contribution in [3.8, 4) is 10.6 Å². The van der Waals surface area contributed by atoms with E-state index in [2.05, 4.69) is 9.97 Å². The number of nitrogens with zero attached hydrogens (tertiary/aromatic N) is 2. The van der Waals surface area contributed by atoms with E-state index in [0.717, 1.165) is 25.8 Å². The fourth-order valence-corrected chi connectivity index (χ4v) is 2.64. The minimum atomic E-state index is 0.721. The first kappa shape index (κ1) is 9.75. The van der Waals surface area contributed by atoms with Crippen LogP contribution in [0.15, 0.2) is 42.7 Å². The SMILES string of the molecule is Clc1ccc2sc(-c3ccncc3)nc2c1. The molecule has 4 heteroatoms. The number of halogens is 1. The molecule has 0 saturated carbocycles. The molecule has 2 nitrogen and oxygen atoms in total. The molecule has 0 atom stereocenters. The van der Waals surface area contributed by atoms with E-state index in [1.165, 1.54) is 0 Å². The van der Waals surface area contributed by atoms with Gasteiger partial charge in [0.15, 0.2) is 0 Å². The lowest BCUT2D eigenvalue weighted by Gasteiger charge is -1.91. The van der Waals surface area contributed by atoms with Gasteiger partial charge in [-0.15, -0.1) is 11.3 Å². The van der Waals surface area contributed by atoms with E-state index in [0.29, 0.717) is 0 Å². The average Bonchev–Trinajstić information content (AvgIpc) is 2.73. The molecule has 0 spiro atoms. The van der Waals surface area contributed by atoms with Crippen LogP contribution in [0.25, 0.3) is 20.8 Å². The Kier molecular flexibility index (Phi) is 2.35. The van der Waals surface area contributed by atoms with Crippen molar-refractivity contribution in [2.45, 2.75) is 0 Å². The third kappa shape index (κ3) is 1.68. The van der Waals surface area contributed by atoms with Gasteiger partial charge in [0.1, 0.15) is 5.01 Å². The Morgan fingerprint density at radius 2 is 1.88 bits per heavy atom. The molecule has 0 aliphatic heterocycles. The van der Waals surface area contributed by atoms with Gasteiger partial charge in [-0.05, 0) is 30.3 Å². The van der Waals surface area contributed by atoms with Crippen LogP contribution < -0.4 is 0 Å². The van der Waals surface area contributed by atoms with Gasteiger partial charge in [0, 0.05) is 23.0 Å². The van der Waals surface area contributed by atoms with E-state index in [1.807, 2.05) is 30.3 Å². The maximum absolute atomic E-state index is 5.93. The van der Waals surface area contributed by atoms with Gasteiger partial charge in [0.05, 0.1) is 10.2 Å². The average molecular weight is 247 g/mol. The van der Waals surface area contributed by atoms with Crippen molar-refractivity contribution >= 4 is 33.2 Å². The molecule has 0 fully saturated rings. The quantitative estimate of drug-likeness (QED) is 0.648. The second kappa shape index (κ2) is 3.85. The summed E-state index contributed by atoms with van der Waals surface area (Å²) in [5.74, 6) is 0. The molecule has 0 amide bonds. The molecule has 78 valence electrons. The Bertz CT molecular complexity index is 634. The summed E-state index contributed by atoms with van der Waals surface area (Å²) < 4.78 is 1.15.